The van der Waals surface area contributed by atoms with Crippen LogP contribution in [-0.4, -0.2) is 24.4 Å². The van der Waals surface area contributed by atoms with Crippen molar-refractivity contribution in [3.05, 3.63) is 29.3 Å². The number of nitrogens with one attached hydrogen (secondary N) is 1. The van der Waals surface area contributed by atoms with Gasteiger partial charge in [0.15, 0.2) is 0 Å². The molecule has 3 heteroatoms. The van der Waals surface area contributed by atoms with E-state index in [0.29, 0.717) is 12.6 Å². The Morgan fingerprint density at radius 2 is 2.35 bits per heavy atom. The molecule has 2 unspecified atom stereocenters. The molecule has 1 aliphatic heterocycles. The Hall–Kier alpha value is -1.06. The van der Waals surface area contributed by atoms with Gasteiger partial charge < -0.3 is 15.2 Å². The van der Waals surface area contributed by atoms with Crippen molar-refractivity contribution < 1.29 is 9.84 Å². The standard InChI is InChI=1S/C14H21NO2/c1-10-5-6-14-12(8-10)13(4-3-7-17-14)15-9-11(2)16/h5-6,8,11,13,15-16H,3-4,7,9H2,1-2H3. The third-order valence-electron chi connectivity index (χ3n) is 3.10. The van der Waals surface area contributed by atoms with Gasteiger partial charge in [0.05, 0.1) is 12.7 Å². The van der Waals surface area contributed by atoms with Crippen molar-refractivity contribution in [3.8, 4) is 5.75 Å². The molecule has 0 saturated heterocycles. The van der Waals surface area contributed by atoms with Crippen LogP contribution in [0.2, 0.25) is 0 Å². The van der Waals surface area contributed by atoms with Crippen LogP contribution in [0.1, 0.15) is 36.9 Å². The third-order valence-corrected chi connectivity index (χ3v) is 3.10. The highest BCUT2D eigenvalue weighted by atomic mass is 16.5. The Balaban J connectivity index is 2.19. The van der Waals surface area contributed by atoms with E-state index in [4.69, 9.17) is 4.74 Å². The summed E-state index contributed by atoms with van der Waals surface area (Å²) in [6.45, 7) is 5.30. The third kappa shape index (κ3) is 3.20. The van der Waals surface area contributed by atoms with Crippen molar-refractivity contribution in [3.63, 3.8) is 0 Å². The highest BCUT2D eigenvalue weighted by Gasteiger charge is 2.19. The lowest BCUT2D eigenvalue weighted by molar-refractivity contribution is 0.185. The van der Waals surface area contributed by atoms with Gasteiger partial charge in [0, 0.05) is 18.2 Å². The van der Waals surface area contributed by atoms with Crippen LogP contribution in [0.5, 0.6) is 5.75 Å². The quantitative estimate of drug-likeness (QED) is 0.843. The minimum atomic E-state index is -0.313. The van der Waals surface area contributed by atoms with E-state index in [9.17, 15) is 5.11 Å². The maximum atomic E-state index is 9.36. The second-order valence-corrected chi connectivity index (χ2v) is 4.84. The normalized spacial score (nSPS) is 21.2. The lowest BCUT2D eigenvalue weighted by atomic mass is 10.00. The Kier molecular flexibility index (Phi) is 4.02. The molecule has 1 aromatic rings. The summed E-state index contributed by atoms with van der Waals surface area (Å²) in [5.74, 6) is 0.983. The Bertz CT molecular complexity index is 376. The zero-order valence-corrected chi connectivity index (χ0v) is 10.6. The van der Waals surface area contributed by atoms with Gasteiger partial charge in [-0.05, 0) is 32.8 Å². The van der Waals surface area contributed by atoms with Gasteiger partial charge in [0.2, 0.25) is 0 Å². The SMILES string of the molecule is Cc1ccc2c(c1)C(NCC(C)O)CCCO2. The minimum Gasteiger partial charge on any atom is -0.493 e. The summed E-state index contributed by atoms with van der Waals surface area (Å²) in [4.78, 5) is 0. The van der Waals surface area contributed by atoms with Crippen molar-refractivity contribution in [2.45, 2.75) is 38.8 Å². The molecule has 0 aromatic heterocycles. The van der Waals surface area contributed by atoms with E-state index in [1.807, 2.05) is 6.07 Å². The average Bonchev–Trinajstić information content (AvgIpc) is 2.48. The fourth-order valence-corrected chi connectivity index (χ4v) is 2.22. The maximum Gasteiger partial charge on any atom is 0.124 e. The molecule has 1 aliphatic rings. The first-order valence-electron chi connectivity index (χ1n) is 6.31. The summed E-state index contributed by atoms with van der Waals surface area (Å²) in [6.07, 6.45) is 1.79. The molecule has 0 radical (unpaired) electrons. The number of aryl methyl sites for hydroxylation is 1. The molecular formula is C14H21NO2. The molecule has 0 spiro atoms. The number of aliphatic hydroxyl groups excluding tert-OH is 1. The predicted octanol–water partition coefficient (Wildman–Crippen LogP) is 2.18. The molecule has 94 valence electrons. The van der Waals surface area contributed by atoms with Crippen LogP contribution in [0.25, 0.3) is 0 Å². The predicted molar refractivity (Wildman–Crippen MR) is 68.3 cm³/mol. The zero-order chi connectivity index (χ0) is 12.3. The number of hydrogen-bond acceptors (Lipinski definition) is 3. The molecule has 0 bridgehead atoms. The summed E-state index contributed by atoms with van der Waals surface area (Å²) in [5.41, 5.74) is 2.47. The molecule has 1 heterocycles. The van der Waals surface area contributed by atoms with Gasteiger partial charge in [-0.25, -0.2) is 0 Å². The molecule has 0 amide bonds. The van der Waals surface area contributed by atoms with E-state index in [1.54, 1.807) is 6.92 Å². The van der Waals surface area contributed by atoms with Crippen molar-refractivity contribution >= 4 is 0 Å². The summed E-state index contributed by atoms with van der Waals surface area (Å²) in [5, 5.41) is 12.8. The van der Waals surface area contributed by atoms with E-state index in [2.05, 4.69) is 24.4 Å². The van der Waals surface area contributed by atoms with Gasteiger partial charge in [-0.3, -0.25) is 0 Å². The fourth-order valence-electron chi connectivity index (χ4n) is 2.22. The van der Waals surface area contributed by atoms with Crippen LogP contribution >= 0.6 is 0 Å². The molecular weight excluding hydrogens is 214 g/mol. The summed E-state index contributed by atoms with van der Waals surface area (Å²) in [6, 6.07) is 6.60. The summed E-state index contributed by atoms with van der Waals surface area (Å²) < 4.78 is 5.74. The Labute approximate surface area is 103 Å². The highest BCUT2D eigenvalue weighted by Crippen LogP contribution is 2.32. The summed E-state index contributed by atoms with van der Waals surface area (Å²) >= 11 is 0. The van der Waals surface area contributed by atoms with E-state index in [0.717, 1.165) is 25.2 Å². The molecule has 2 N–H and O–H groups in total. The maximum absolute atomic E-state index is 9.36. The van der Waals surface area contributed by atoms with Gasteiger partial charge in [-0.1, -0.05) is 17.7 Å². The van der Waals surface area contributed by atoms with E-state index in [-0.39, 0.29) is 6.10 Å². The largest absolute Gasteiger partial charge is 0.493 e. The van der Waals surface area contributed by atoms with Crippen molar-refractivity contribution in [2.24, 2.45) is 0 Å². The molecule has 0 saturated carbocycles. The Morgan fingerprint density at radius 1 is 1.53 bits per heavy atom. The summed E-state index contributed by atoms with van der Waals surface area (Å²) in [7, 11) is 0. The lowest BCUT2D eigenvalue weighted by Crippen LogP contribution is -2.28. The van der Waals surface area contributed by atoms with Crippen LogP contribution in [0.15, 0.2) is 18.2 Å². The molecule has 1 aromatic carbocycles. The van der Waals surface area contributed by atoms with Gasteiger partial charge in [0.25, 0.3) is 0 Å². The van der Waals surface area contributed by atoms with Crippen molar-refractivity contribution in [2.75, 3.05) is 13.2 Å². The number of hydrogen-bond donors (Lipinski definition) is 2. The fraction of sp³-hybridized carbons (Fsp3) is 0.571. The number of benzene rings is 1. The monoisotopic (exact) mass is 235 g/mol. The molecule has 0 aliphatic carbocycles. The number of rotatable bonds is 3. The van der Waals surface area contributed by atoms with Crippen molar-refractivity contribution in [1.82, 2.24) is 5.32 Å². The van der Waals surface area contributed by atoms with Crippen LogP contribution in [-0.2, 0) is 0 Å². The average molecular weight is 235 g/mol. The van der Waals surface area contributed by atoms with E-state index < -0.39 is 0 Å². The van der Waals surface area contributed by atoms with Gasteiger partial charge >= 0.3 is 0 Å². The van der Waals surface area contributed by atoms with Crippen LogP contribution in [0.3, 0.4) is 0 Å². The van der Waals surface area contributed by atoms with Crippen LogP contribution in [0.4, 0.5) is 0 Å². The van der Waals surface area contributed by atoms with Gasteiger partial charge in [0.1, 0.15) is 5.75 Å². The van der Waals surface area contributed by atoms with Gasteiger partial charge in [-0.15, -0.1) is 0 Å². The van der Waals surface area contributed by atoms with Crippen LogP contribution < -0.4 is 10.1 Å². The first-order valence-corrected chi connectivity index (χ1v) is 6.31. The minimum absolute atomic E-state index is 0.294. The highest BCUT2D eigenvalue weighted by molar-refractivity contribution is 5.39. The number of fused-ring (bicyclic) bond motifs is 1. The second kappa shape index (κ2) is 5.52. The topological polar surface area (TPSA) is 41.5 Å². The van der Waals surface area contributed by atoms with E-state index >= 15 is 0 Å². The van der Waals surface area contributed by atoms with E-state index in [1.165, 1.54) is 11.1 Å². The second-order valence-electron chi connectivity index (χ2n) is 4.84. The molecule has 0 fully saturated rings. The number of ether oxygens (including phenoxy) is 1. The number of aliphatic hydroxyl groups is 1. The molecule has 3 nitrogen and oxygen atoms in total. The van der Waals surface area contributed by atoms with Crippen molar-refractivity contribution in [1.29, 1.82) is 0 Å². The Morgan fingerprint density at radius 3 is 3.12 bits per heavy atom. The van der Waals surface area contributed by atoms with Crippen LogP contribution in [0, 0.1) is 6.92 Å². The zero-order valence-electron chi connectivity index (χ0n) is 10.6. The first kappa shape index (κ1) is 12.4. The smallest absolute Gasteiger partial charge is 0.124 e. The molecule has 17 heavy (non-hydrogen) atoms. The molecule has 2 rings (SSSR count). The first-order chi connectivity index (χ1) is 8.16. The molecule has 2 atom stereocenters. The van der Waals surface area contributed by atoms with Gasteiger partial charge in [-0.2, -0.15) is 0 Å². The lowest BCUT2D eigenvalue weighted by Gasteiger charge is -2.19.